The van der Waals surface area contributed by atoms with Gasteiger partial charge in [-0.2, -0.15) is 5.10 Å². The minimum atomic E-state index is -0.856. The highest BCUT2D eigenvalue weighted by Gasteiger charge is 2.17. The molecule has 2 rings (SSSR count). The number of carbonyl (C=O) groups excluding carboxylic acids is 1. The molecule has 6 heteroatoms. The standard InChI is InChI=1S/C18H23N3O3/c1-4-16-15(17(22)19-10-9-13(3)18(23)24)11-20-21(16)14-7-5-12(2)6-8-14/h5-8,11,13H,4,9-10H2,1-3H3,(H,19,22)(H,23,24). The van der Waals surface area contributed by atoms with Gasteiger partial charge < -0.3 is 10.4 Å². The minimum absolute atomic E-state index is 0.220. The van der Waals surface area contributed by atoms with Gasteiger partial charge in [-0.1, -0.05) is 31.5 Å². The first kappa shape index (κ1) is 17.7. The zero-order valence-electron chi connectivity index (χ0n) is 14.2. The summed E-state index contributed by atoms with van der Waals surface area (Å²) >= 11 is 0. The van der Waals surface area contributed by atoms with Crippen LogP contribution in [0.15, 0.2) is 30.5 Å². The minimum Gasteiger partial charge on any atom is -0.481 e. The number of amides is 1. The summed E-state index contributed by atoms with van der Waals surface area (Å²) in [6, 6.07) is 7.95. The molecule has 24 heavy (non-hydrogen) atoms. The molecule has 1 aromatic heterocycles. The maximum atomic E-state index is 12.4. The predicted molar refractivity (Wildman–Crippen MR) is 91.4 cm³/mol. The van der Waals surface area contributed by atoms with Crippen LogP contribution in [0.2, 0.25) is 0 Å². The van der Waals surface area contributed by atoms with Crippen LogP contribution in [0.5, 0.6) is 0 Å². The summed E-state index contributed by atoms with van der Waals surface area (Å²) < 4.78 is 1.77. The van der Waals surface area contributed by atoms with Gasteiger partial charge in [0.1, 0.15) is 0 Å². The Morgan fingerprint density at radius 1 is 1.29 bits per heavy atom. The number of aromatic nitrogens is 2. The number of hydrogen-bond acceptors (Lipinski definition) is 3. The first-order chi connectivity index (χ1) is 11.4. The molecule has 0 aliphatic carbocycles. The van der Waals surface area contributed by atoms with Gasteiger partial charge in [0.25, 0.3) is 5.91 Å². The van der Waals surface area contributed by atoms with Crippen LogP contribution in [0.25, 0.3) is 5.69 Å². The Bertz CT molecular complexity index is 720. The lowest BCUT2D eigenvalue weighted by atomic mass is 10.1. The molecule has 0 saturated heterocycles. The smallest absolute Gasteiger partial charge is 0.306 e. The molecule has 6 nitrogen and oxygen atoms in total. The molecular weight excluding hydrogens is 306 g/mol. The number of carboxylic acids is 1. The van der Waals surface area contributed by atoms with E-state index in [2.05, 4.69) is 10.4 Å². The Morgan fingerprint density at radius 2 is 1.96 bits per heavy atom. The van der Waals surface area contributed by atoms with E-state index in [1.165, 1.54) is 0 Å². The van der Waals surface area contributed by atoms with Crippen molar-refractivity contribution in [2.75, 3.05) is 6.54 Å². The third-order valence-electron chi connectivity index (χ3n) is 4.01. The molecule has 128 valence electrons. The molecule has 0 bridgehead atoms. The van der Waals surface area contributed by atoms with Gasteiger partial charge >= 0.3 is 5.97 Å². The number of aryl methyl sites for hydroxylation is 1. The largest absolute Gasteiger partial charge is 0.481 e. The van der Waals surface area contributed by atoms with Crippen LogP contribution in [0.3, 0.4) is 0 Å². The number of aliphatic carboxylic acids is 1. The molecule has 0 fully saturated rings. The van der Waals surface area contributed by atoms with Crippen LogP contribution in [0, 0.1) is 12.8 Å². The van der Waals surface area contributed by atoms with Gasteiger partial charge in [0, 0.05) is 6.54 Å². The Kier molecular flexibility index (Phi) is 5.73. The highest BCUT2D eigenvalue weighted by molar-refractivity contribution is 5.95. The Balaban J connectivity index is 2.12. The zero-order valence-corrected chi connectivity index (χ0v) is 14.2. The lowest BCUT2D eigenvalue weighted by Crippen LogP contribution is -2.27. The van der Waals surface area contributed by atoms with Crippen LogP contribution in [0.4, 0.5) is 0 Å². The van der Waals surface area contributed by atoms with E-state index >= 15 is 0 Å². The van der Waals surface area contributed by atoms with E-state index in [-0.39, 0.29) is 5.91 Å². The van der Waals surface area contributed by atoms with Gasteiger partial charge in [0.05, 0.1) is 29.1 Å². The Hall–Kier alpha value is -2.63. The SMILES string of the molecule is CCc1c(C(=O)NCCC(C)C(=O)O)cnn1-c1ccc(C)cc1. The predicted octanol–water partition coefficient (Wildman–Crippen LogP) is 2.58. The second-order valence-corrected chi connectivity index (χ2v) is 5.89. The third-order valence-corrected chi connectivity index (χ3v) is 4.01. The van der Waals surface area contributed by atoms with Gasteiger partial charge in [-0.05, 0) is 31.9 Å². The molecule has 0 spiro atoms. The van der Waals surface area contributed by atoms with E-state index in [1.807, 2.05) is 38.1 Å². The van der Waals surface area contributed by atoms with Crippen molar-refractivity contribution in [3.63, 3.8) is 0 Å². The fourth-order valence-electron chi connectivity index (χ4n) is 2.43. The molecule has 1 amide bonds. The fourth-order valence-corrected chi connectivity index (χ4v) is 2.43. The summed E-state index contributed by atoms with van der Waals surface area (Å²) in [6.45, 7) is 5.95. The monoisotopic (exact) mass is 329 g/mol. The van der Waals surface area contributed by atoms with Crippen molar-refractivity contribution in [3.05, 3.63) is 47.3 Å². The van der Waals surface area contributed by atoms with Gasteiger partial charge in [-0.25, -0.2) is 4.68 Å². The van der Waals surface area contributed by atoms with Crippen molar-refractivity contribution in [1.82, 2.24) is 15.1 Å². The maximum absolute atomic E-state index is 12.4. The number of rotatable bonds is 7. The number of nitrogens with one attached hydrogen (secondary N) is 1. The molecule has 1 heterocycles. The van der Waals surface area contributed by atoms with E-state index in [1.54, 1.807) is 17.8 Å². The van der Waals surface area contributed by atoms with E-state index in [4.69, 9.17) is 5.11 Å². The summed E-state index contributed by atoms with van der Waals surface area (Å²) in [5, 5.41) is 16.0. The normalized spacial score (nSPS) is 12.0. The molecule has 1 aromatic carbocycles. The molecule has 2 aromatic rings. The first-order valence-electron chi connectivity index (χ1n) is 8.09. The van der Waals surface area contributed by atoms with Gasteiger partial charge in [0.15, 0.2) is 0 Å². The Morgan fingerprint density at radius 3 is 2.54 bits per heavy atom. The molecule has 0 aliphatic rings. The molecule has 1 atom stereocenters. The quantitative estimate of drug-likeness (QED) is 0.818. The molecular formula is C18H23N3O3. The van der Waals surface area contributed by atoms with Crippen molar-refractivity contribution in [1.29, 1.82) is 0 Å². The number of nitrogens with zero attached hydrogens (tertiary/aromatic N) is 2. The van der Waals surface area contributed by atoms with E-state index in [0.717, 1.165) is 16.9 Å². The average molecular weight is 329 g/mol. The van der Waals surface area contributed by atoms with Crippen molar-refractivity contribution in [2.45, 2.75) is 33.6 Å². The number of hydrogen-bond donors (Lipinski definition) is 2. The topological polar surface area (TPSA) is 84.2 Å². The van der Waals surface area contributed by atoms with Crippen molar-refractivity contribution >= 4 is 11.9 Å². The second kappa shape index (κ2) is 7.77. The van der Waals surface area contributed by atoms with E-state index < -0.39 is 11.9 Å². The summed E-state index contributed by atoms with van der Waals surface area (Å²) in [5.41, 5.74) is 3.44. The Labute approximate surface area is 141 Å². The molecule has 0 aliphatic heterocycles. The first-order valence-corrected chi connectivity index (χ1v) is 8.09. The lowest BCUT2D eigenvalue weighted by Gasteiger charge is -2.10. The summed E-state index contributed by atoms with van der Waals surface area (Å²) in [7, 11) is 0. The number of benzene rings is 1. The third kappa shape index (κ3) is 4.01. The van der Waals surface area contributed by atoms with Crippen molar-refractivity contribution < 1.29 is 14.7 Å². The van der Waals surface area contributed by atoms with Gasteiger partial charge in [0.2, 0.25) is 0 Å². The van der Waals surface area contributed by atoms with Crippen LogP contribution in [-0.4, -0.2) is 33.3 Å². The number of carbonyl (C=O) groups is 2. The molecule has 1 unspecified atom stereocenters. The van der Waals surface area contributed by atoms with Crippen LogP contribution in [0.1, 0.15) is 41.9 Å². The van der Waals surface area contributed by atoms with Crippen LogP contribution >= 0.6 is 0 Å². The van der Waals surface area contributed by atoms with Gasteiger partial charge in [-0.3, -0.25) is 9.59 Å². The summed E-state index contributed by atoms with van der Waals surface area (Å²) in [6.07, 6.45) is 2.63. The summed E-state index contributed by atoms with van der Waals surface area (Å²) in [4.78, 5) is 23.2. The van der Waals surface area contributed by atoms with E-state index in [9.17, 15) is 9.59 Å². The average Bonchev–Trinajstić information content (AvgIpc) is 2.99. The van der Waals surface area contributed by atoms with Gasteiger partial charge in [-0.15, -0.1) is 0 Å². The highest BCUT2D eigenvalue weighted by Crippen LogP contribution is 2.16. The van der Waals surface area contributed by atoms with Crippen LogP contribution < -0.4 is 5.32 Å². The lowest BCUT2D eigenvalue weighted by molar-refractivity contribution is -0.141. The zero-order chi connectivity index (χ0) is 17.7. The maximum Gasteiger partial charge on any atom is 0.306 e. The van der Waals surface area contributed by atoms with Crippen LogP contribution in [-0.2, 0) is 11.2 Å². The summed E-state index contributed by atoms with van der Waals surface area (Å²) in [5.74, 6) is -1.56. The van der Waals surface area contributed by atoms with E-state index in [0.29, 0.717) is 24.9 Å². The van der Waals surface area contributed by atoms with Crippen molar-refractivity contribution in [2.24, 2.45) is 5.92 Å². The highest BCUT2D eigenvalue weighted by atomic mass is 16.4. The second-order valence-electron chi connectivity index (χ2n) is 5.89. The molecule has 0 saturated carbocycles. The fraction of sp³-hybridized carbons (Fsp3) is 0.389. The number of carboxylic acid groups (broad SMARTS) is 1. The molecule has 2 N–H and O–H groups in total. The molecule has 0 radical (unpaired) electrons. The van der Waals surface area contributed by atoms with Crippen molar-refractivity contribution in [3.8, 4) is 5.69 Å².